The van der Waals surface area contributed by atoms with Crippen LogP contribution in [0.25, 0.3) is 0 Å². The minimum atomic E-state index is -3.46. The SMILES string of the molecule is CC(C)CCC[C@@H](C)[C@H]1CCC2C3CCC4C[C@@H](OS(C)(=O)=O)[C@@H](N)C[C@]4(C)C3CC[C@@]21C. The van der Waals surface area contributed by atoms with E-state index in [2.05, 4.69) is 34.6 Å². The molecule has 0 radical (unpaired) electrons. The molecule has 0 bridgehead atoms. The molecule has 33 heavy (non-hydrogen) atoms. The quantitative estimate of drug-likeness (QED) is 0.428. The summed E-state index contributed by atoms with van der Waals surface area (Å²) in [7, 11) is -3.46. The minimum Gasteiger partial charge on any atom is -0.325 e. The summed E-state index contributed by atoms with van der Waals surface area (Å²) in [4.78, 5) is 0. The van der Waals surface area contributed by atoms with Crippen molar-refractivity contribution in [3.8, 4) is 0 Å². The number of nitrogens with two attached hydrogens (primary N) is 1. The van der Waals surface area contributed by atoms with Crippen molar-refractivity contribution in [2.75, 3.05) is 6.26 Å². The van der Waals surface area contributed by atoms with Gasteiger partial charge in [0.25, 0.3) is 10.1 Å². The number of rotatable bonds is 7. The second kappa shape index (κ2) is 9.39. The fourth-order valence-corrected chi connectivity index (χ4v) is 10.4. The van der Waals surface area contributed by atoms with E-state index in [0.29, 0.717) is 11.3 Å². The Hall–Kier alpha value is -0.130. The first-order chi connectivity index (χ1) is 15.3. The first-order valence-electron chi connectivity index (χ1n) is 14.0. The van der Waals surface area contributed by atoms with Gasteiger partial charge in [0.05, 0.1) is 12.4 Å². The van der Waals surface area contributed by atoms with Crippen LogP contribution < -0.4 is 5.73 Å². The molecule has 0 aromatic heterocycles. The van der Waals surface area contributed by atoms with Gasteiger partial charge >= 0.3 is 0 Å². The van der Waals surface area contributed by atoms with Crippen molar-refractivity contribution >= 4 is 10.1 Å². The van der Waals surface area contributed by atoms with Crippen molar-refractivity contribution in [2.45, 2.75) is 117 Å². The predicted octanol–water partition coefficient (Wildman–Crippen LogP) is 6.39. The van der Waals surface area contributed by atoms with Crippen molar-refractivity contribution in [3.05, 3.63) is 0 Å². The highest BCUT2D eigenvalue weighted by molar-refractivity contribution is 7.86. The van der Waals surface area contributed by atoms with Crippen LogP contribution in [0.2, 0.25) is 0 Å². The summed E-state index contributed by atoms with van der Waals surface area (Å²) in [6.07, 6.45) is 14.8. The largest absolute Gasteiger partial charge is 0.325 e. The van der Waals surface area contributed by atoms with E-state index in [-0.39, 0.29) is 17.6 Å². The van der Waals surface area contributed by atoms with Gasteiger partial charge in [-0.05, 0) is 104 Å². The van der Waals surface area contributed by atoms with E-state index in [1.807, 2.05) is 0 Å². The Morgan fingerprint density at radius 2 is 1.67 bits per heavy atom. The van der Waals surface area contributed by atoms with Crippen LogP contribution in [0.1, 0.15) is 105 Å². The fraction of sp³-hybridized carbons (Fsp3) is 1.00. The lowest BCUT2D eigenvalue weighted by atomic mass is 9.44. The topological polar surface area (TPSA) is 69.4 Å². The highest BCUT2D eigenvalue weighted by atomic mass is 32.2. The van der Waals surface area contributed by atoms with Crippen molar-refractivity contribution in [1.29, 1.82) is 0 Å². The van der Waals surface area contributed by atoms with Gasteiger partial charge in [-0.25, -0.2) is 0 Å². The van der Waals surface area contributed by atoms with E-state index in [1.165, 1.54) is 57.8 Å². The Morgan fingerprint density at radius 1 is 0.970 bits per heavy atom. The summed E-state index contributed by atoms with van der Waals surface area (Å²) in [5.41, 5.74) is 7.33. The molecule has 4 rings (SSSR count). The zero-order valence-corrected chi connectivity index (χ0v) is 23.0. The highest BCUT2D eigenvalue weighted by Gasteiger charge is 2.61. The van der Waals surface area contributed by atoms with Gasteiger partial charge in [-0.2, -0.15) is 8.42 Å². The Morgan fingerprint density at radius 3 is 2.33 bits per heavy atom. The molecule has 10 atom stereocenters. The molecule has 4 fully saturated rings. The molecule has 0 aromatic carbocycles. The molecule has 4 saturated carbocycles. The van der Waals surface area contributed by atoms with Crippen LogP contribution in [0, 0.1) is 52.3 Å². The summed E-state index contributed by atoms with van der Waals surface area (Å²) in [5.74, 6) is 5.54. The van der Waals surface area contributed by atoms with Gasteiger partial charge in [0.15, 0.2) is 0 Å². The summed E-state index contributed by atoms with van der Waals surface area (Å²) >= 11 is 0. The van der Waals surface area contributed by atoms with Crippen LogP contribution in [-0.2, 0) is 14.3 Å². The Balaban J connectivity index is 1.46. The van der Waals surface area contributed by atoms with Gasteiger partial charge in [-0.15, -0.1) is 0 Å². The lowest BCUT2D eigenvalue weighted by Gasteiger charge is -2.62. The average molecular weight is 482 g/mol. The van der Waals surface area contributed by atoms with E-state index >= 15 is 0 Å². The molecule has 4 unspecified atom stereocenters. The van der Waals surface area contributed by atoms with Crippen LogP contribution in [0.15, 0.2) is 0 Å². The Labute approximate surface area is 204 Å². The smallest absolute Gasteiger partial charge is 0.264 e. The van der Waals surface area contributed by atoms with Crippen LogP contribution in [0.3, 0.4) is 0 Å². The van der Waals surface area contributed by atoms with E-state index < -0.39 is 10.1 Å². The molecule has 0 aromatic rings. The van der Waals surface area contributed by atoms with Crippen molar-refractivity contribution in [2.24, 2.45) is 58.0 Å². The lowest BCUT2D eigenvalue weighted by molar-refractivity contribution is -0.130. The standard InChI is InChI=1S/C28H51NO3S/c1-18(2)8-7-9-19(3)22-12-13-23-21-11-10-20-16-26(32-33(6,30)31)25(29)17-28(20,5)24(21)14-15-27(22,23)4/h18-26H,7-17,29H2,1-6H3/t19-,20?,21?,22-,23?,24?,25+,26-,27-,28+/m1/s1. The molecule has 0 spiro atoms. The summed E-state index contributed by atoms with van der Waals surface area (Å²) in [5, 5.41) is 0. The molecule has 2 N–H and O–H groups in total. The Bertz CT molecular complexity index is 797. The molecular weight excluding hydrogens is 430 g/mol. The first kappa shape index (κ1) is 25.9. The van der Waals surface area contributed by atoms with Crippen LogP contribution in [-0.4, -0.2) is 26.8 Å². The molecule has 4 aliphatic carbocycles. The molecule has 4 nitrogen and oxygen atoms in total. The predicted molar refractivity (Wildman–Crippen MR) is 136 cm³/mol. The van der Waals surface area contributed by atoms with E-state index in [9.17, 15) is 8.42 Å². The minimum absolute atomic E-state index is 0.176. The zero-order valence-electron chi connectivity index (χ0n) is 22.2. The van der Waals surface area contributed by atoms with Crippen molar-refractivity contribution < 1.29 is 12.6 Å². The van der Waals surface area contributed by atoms with Crippen molar-refractivity contribution in [3.63, 3.8) is 0 Å². The summed E-state index contributed by atoms with van der Waals surface area (Å²) in [6, 6.07) is -0.176. The van der Waals surface area contributed by atoms with Gasteiger partial charge in [0.1, 0.15) is 0 Å². The molecule has 0 heterocycles. The number of fused-ring (bicyclic) bond motifs is 5. The van der Waals surface area contributed by atoms with Crippen LogP contribution in [0.4, 0.5) is 0 Å². The van der Waals surface area contributed by atoms with Gasteiger partial charge < -0.3 is 5.73 Å². The molecule has 5 heteroatoms. The maximum atomic E-state index is 11.8. The second-order valence-electron chi connectivity index (χ2n) is 13.6. The lowest BCUT2D eigenvalue weighted by Crippen LogP contribution is -2.58. The highest BCUT2D eigenvalue weighted by Crippen LogP contribution is 2.68. The average Bonchev–Trinajstić information content (AvgIpc) is 3.04. The molecule has 0 aliphatic heterocycles. The molecule has 0 saturated heterocycles. The Kier molecular flexibility index (Phi) is 7.38. The maximum Gasteiger partial charge on any atom is 0.264 e. The zero-order chi connectivity index (χ0) is 24.2. The van der Waals surface area contributed by atoms with Gasteiger partial charge in [0, 0.05) is 6.04 Å². The van der Waals surface area contributed by atoms with E-state index in [0.717, 1.165) is 54.6 Å². The van der Waals surface area contributed by atoms with Crippen LogP contribution in [0.5, 0.6) is 0 Å². The second-order valence-corrected chi connectivity index (χ2v) is 15.2. The van der Waals surface area contributed by atoms with E-state index in [1.54, 1.807) is 0 Å². The molecule has 4 aliphatic rings. The summed E-state index contributed by atoms with van der Waals surface area (Å²) in [6.45, 7) is 12.4. The number of hydrogen-bond donors (Lipinski definition) is 1. The monoisotopic (exact) mass is 481 g/mol. The van der Waals surface area contributed by atoms with Crippen LogP contribution >= 0.6 is 0 Å². The van der Waals surface area contributed by atoms with Gasteiger partial charge in [0.2, 0.25) is 0 Å². The maximum absolute atomic E-state index is 11.8. The van der Waals surface area contributed by atoms with E-state index in [4.69, 9.17) is 9.92 Å². The van der Waals surface area contributed by atoms with Gasteiger partial charge in [-0.3, -0.25) is 4.18 Å². The fourth-order valence-electron chi connectivity index (χ4n) is 9.69. The first-order valence-corrected chi connectivity index (χ1v) is 15.8. The third kappa shape index (κ3) is 4.94. The normalized spacial score (nSPS) is 46.5. The third-order valence-electron chi connectivity index (χ3n) is 11.2. The number of hydrogen-bond acceptors (Lipinski definition) is 4. The molecule has 0 amide bonds. The molecule has 192 valence electrons. The van der Waals surface area contributed by atoms with Crippen molar-refractivity contribution in [1.82, 2.24) is 0 Å². The summed E-state index contributed by atoms with van der Waals surface area (Å²) < 4.78 is 29.0. The molecular formula is C28H51NO3S. The van der Waals surface area contributed by atoms with Gasteiger partial charge in [-0.1, -0.05) is 53.9 Å². The third-order valence-corrected chi connectivity index (χ3v) is 11.8.